The van der Waals surface area contributed by atoms with Gasteiger partial charge in [-0.05, 0) is 30.7 Å². The first kappa shape index (κ1) is 19.5. The summed E-state index contributed by atoms with van der Waals surface area (Å²) in [4.78, 5) is 31.7. The zero-order chi connectivity index (χ0) is 20.7. The number of aromatic nitrogens is 2. The Morgan fingerprint density at radius 1 is 1.17 bits per heavy atom. The second kappa shape index (κ2) is 8.00. The number of carbonyl (C=O) groups is 1. The Morgan fingerprint density at radius 3 is 2.70 bits per heavy atom. The van der Waals surface area contributed by atoms with E-state index in [1.54, 1.807) is 18.4 Å². The summed E-state index contributed by atoms with van der Waals surface area (Å²) in [5.74, 6) is 2.34. The summed E-state index contributed by atoms with van der Waals surface area (Å²) in [6.07, 6.45) is 3.43. The predicted molar refractivity (Wildman–Crippen MR) is 118 cm³/mol. The second-order valence-corrected chi connectivity index (χ2v) is 8.96. The SMILES string of the molecule is CCc1nc(N2CCN(C(=O)c3ccco3)CC2)c2c3c(sc2n1)CN(CC)CC3. The first-order chi connectivity index (χ1) is 14.7. The molecular weight excluding hydrogens is 398 g/mol. The lowest BCUT2D eigenvalue weighted by Gasteiger charge is -2.35. The van der Waals surface area contributed by atoms with Crippen molar-refractivity contribution in [1.82, 2.24) is 19.8 Å². The van der Waals surface area contributed by atoms with Crippen LogP contribution in [0.5, 0.6) is 0 Å². The topological polar surface area (TPSA) is 65.7 Å². The highest BCUT2D eigenvalue weighted by Crippen LogP contribution is 2.39. The highest BCUT2D eigenvalue weighted by Gasteiger charge is 2.29. The van der Waals surface area contributed by atoms with E-state index < -0.39 is 0 Å². The molecule has 0 unspecified atom stereocenters. The number of nitrogens with zero attached hydrogens (tertiary/aromatic N) is 5. The maximum absolute atomic E-state index is 12.6. The lowest BCUT2D eigenvalue weighted by molar-refractivity contribution is 0.0714. The van der Waals surface area contributed by atoms with Gasteiger partial charge >= 0.3 is 0 Å². The van der Waals surface area contributed by atoms with Gasteiger partial charge in [-0.1, -0.05) is 13.8 Å². The molecule has 3 aromatic heterocycles. The number of hydrogen-bond acceptors (Lipinski definition) is 7. The normalized spacial score (nSPS) is 17.5. The number of furan rings is 1. The van der Waals surface area contributed by atoms with Crippen molar-refractivity contribution in [1.29, 1.82) is 0 Å². The number of carbonyl (C=O) groups excluding carboxylic acids is 1. The van der Waals surface area contributed by atoms with E-state index in [4.69, 9.17) is 14.4 Å². The number of amides is 1. The molecule has 8 heteroatoms. The molecule has 0 spiro atoms. The third kappa shape index (κ3) is 3.37. The number of aryl methyl sites for hydroxylation is 1. The largest absolute Gasteiger partial charge is 0.459 e. The monoisotopic (exact) mass is 425 g/mol. The van der Waals surface area contributed by atoms with Crippen LogP contribution in [0.1, 0.15) is 40.7 Å². The van der Waals surface area contributed by atoms with E-state index in [0.29, 0.717) is 18.8 Å². The zero-order valence-electron chi connectivity index (χ0n) is 17.6. The molecule has 5 heterocycles. The number of thiophene rings is 1. The van der Waals surface area contributed by atoms with Crippen LogP contribution in [0.15, 0.2) is 22.8 Å². The van der Waals surface area contributed by atoms with Crippen molar-refractivity contribution >= 4 is 33.3 Å². The summed E-state index contributed by atoms with van der Waals surface area (Å²) in [5, 5.41) is 1.24. The number of rotatable bonds is 4. The smallest absolute Gasteiger partial charge is 0.289 e. The molecule has 0 saturated carbocycles. The minimum atomic E-state index is -0.0331. The van der Waals surface area contributed by atoms with Gasteiger partial charge in [0, 0.05) is 50.6 Å². The Kier molecular flexibility index (Phi) is 5.20. The van der Waals surface area contributed by atoms with Crippen LogP contribution in [0.2, 0.25) is 0 Å². The van der Waals surface area contributed by atoms with Gasteiger partial charge in [0.2, 0.25) is 0 Å². The Hall–Kier alpha value is -2.45. The fraction of sp³-hybridized carbons (Fsp3) is 0.500. The van der Waals surface area contributed by atoms with Crippen molar-refractivity contribution in [3.63, 3.8) is 0 Å². The first-order valence-electron chi connectivity index (χ1n) is 10.8. The van der Waals surface area contributed by atoms with Crippen LogP contribution in [-0.4, -0.2) is 64.9 Å². The highest BCUT2D eigenvalue weighted by atomic mass is 32.1. The van der Waals surface area contributed by atoms with Crippen molar-refractivity contribution in [2.24, 2.45) is 0 Å². The summed E-state index contributed by atoms with van der Waals surface area (Å²) in [5.41, 5.74) is 1.44. The molecule has 30 heavy (non-hydrogen) atoms. The molecule has 0 aromatic carbocycles. The van der Waals surface area contributed by atoms with E-state index in [0.717, 1.165) is 62.0 Å². The van der Waals surface area contributed by atoms with Crippen LogP contribution in [0, 0.1) is 0 Å². The maximum Gasteiger partial charge on any atom is 0.289 e. The minimum absolute atomic E-state index is 0.0331. The van der Waals surface area contributed by atoms with Crippen molar-refractivity contribution in [2.75, 3.05) is 44.2 Å². The van der Waals surface area contributed by atoms with Gasteiger partial charge in [-0.25, -0.2) is 9.97 Å². The van der Waals surface area contributed by atoms with Crippen LogP contribution in [0.3, 0.4) is 0 Å². The average molecular weight is 426 g/mol. The van der Waals surface area contributed by atoms with Crippen LogP contribution in [0.4, 0.5) is 5.82 Å². The Bertz CT molecular complexity index is 1050. The van der Waals surface area contributed by atoms with Crippen molar-refractivity contribution in [2.45, 2.75) is 33.2 Å². The number of likely N-dealkylation sites (N-methyl/N-ethyl adjacent to an activating group) is 1. The summed E-state index contributed by atoms with van der Waals surface area (Å²) >= 11 is 1.83. The van der Waals surface area contributed by atoms with E-state index in [-0.39, 0.29) is 5.91 Å². The van der Waals surface area contributed by atoms with E-state index >= 15 is 0 Å². The van der Waals surface area contributed by atoms with E-state index in [9.17, 15) is 4.79 Å². The molecule has 158 valence electrons. The Morgan fingerprint density at radius 2 is 2.00 bits per heavy atom. The Labute approximate surface area is 180 Å². The van der Waals surface area contributed by atoms with Crippen molar-refractivity contribution in [3.05, 3.63) is 40.4 Å². The number of fused-ring (bicyclic) bond motifs is 3. The van der Waals surface area contributed by atoms with E-state index in [1.807, 2.05) is 16.2 Å². The number of anilines is 1. The van der Waals surface area contributed by atoms with Gasteiger partial charge in [0.15, 0.2) is 5.76 Å². The molecular formula is C22H27N5O2S. The minimum Gasteiger partial charge on any atom is -0.459 e. The van der Waals surface area contributed by atoms with E-state index in [2.05, 4.69) is 23.6 Å². The zero-order valence-corrected chi connectivity index (χ0v) is 18.4. The Balaban J connectivity index is 1.44. The van der Waals surface area contributed by atoms with Gasteiger partial charge in [-0.2, -0.15) is 0 Å². The maximum atomic E-state index is 12.6. The van der Waals surface area contributed by atoms with Crippen molar-refractivity contribution in [3.8, 4) is 0 Å². The lowest BCUT2D eigenvalue weighted by Crippen LogP contribution is -2.49. The molecule has 2 aliphatic rings. The standard InChI is InChI=1S/C22H27N5O2S/c1-3-18-23-20(19-15-7-8-25(4-2)14-17(15)30-21(19)24-18)26-9-11-27(12-10-26)22(28)16-6-5-13-29-16/h5-6,13H,3-4,7-12,14H2,1-2H3. The summed E-state index contributed by atoms with van der Waals surface area (Å²) in [6, 6.07) is 3.49. The molecule has 3 aromatic rings. The quantitative estimate of drug-likeness (QED) is 0.640. The second-order valence-electron chi connectivity index (χ2n) is 7.88. The molecule has 5 rings (SSSR count). The van der Waals surface area contributed by atoms with Gasteiger partial charge in [0.25, 0.3) is 5.91 Å². The molecule has 0 bridgehead atoms. The van der Waals surface area contributed by atoms with Gasteiger partial charge in [-0.3, -0.25) is 9.69 Å². The third-order valence-electron chi connectivity index (χ3n) is 6.17. The number of hydrogen-bond donors (Lipinski definition) is 0. The molecule has 1 saturated heterocycles. The van der Waals surface area contributed by atoms with Gasteiger partial charge in [0.05, 0.1) is 11.6 Å². The fourth-order valence-electron chi connectivity index (χ4n) is 4.41. The molecule has 0 N–H and O–H groups in total. The fourth-order valence-corrected chi connectivity index (χ4v) is 5.68. The molecule has 0 radical (unpaired) electrons. The molecule has 2 aliphatic heterocycles. The summed E-state index contributed by atoms with van der Waals surface area (Å²) in [7, 11) is 0. The van der Waals surface area contributed by atoms with Gasteiger partial charge < -0.3 is 14.2 Å². The van der Waals surface area contributed by atoms with Gasteiger partial charge in [0.1, 0.15) is 16.5 Å². The number of piperazine rings is 1. The molecule has 0 atom stereocenters. The van der Waals surface area contributed by atoms with Crippen LogP contribution in [-0.2, 0) is 19.4 Å². The van der Waals surface area contributed by atoms with Gasteiger partial charge in [-0.15, -0.1) is 11.3 Å². The van der Waals surface area contributed by atoms with Crippen molar-refractivity contribution < 1.29 is 9.21 Å². The predicted octanol–water partition coefficient (Wildman–Crippen LogP) is 3.19. The summed E-state index contributed by atoms with van der Waals surface area (Å²) in [6.45, 7) is 10.4. The third-order valence-corrected chi connectivity index (χ3v) is 7.28. The van der Waals surface area contributed by atoms with E-state index in [1.165, 1.54) is 15.8 Å². The molecule has 0 aliphatic carbocycles. The summed E-state index contributed by atoms with van der Waals surface area (Å²) < 4.78 is 5.29. The van der Waals surface area contributed by atoms with Crippen LogP contribution >= 0.6 is 11.3 Å². The average Bonchev–Trinajstić information content (AvgIpc) is 3.45. The first-order valence-corrected chi connectivity index (χ1v) is 11.6. The molecule has 1 amide bonds. The lowest BCUT2D eigenvalue weighted by atomic mass is 10.0. The highest BCUT2D eigenvalue weighted by molar-refractivity contribution is 7.19. The van der Waals surface area contributed by atoms with Crippen LogP contribution < -0.4 is 4.90 Å². The molecule has 1 fully saturated rings. The van der Waals surface area contributed by atoms with Crippen LogP contribution in [0.25, 0.3) is 10.2 Å². The molecule has 7 nitrogen and oxygen atoms in total.